The van der Waals surface area contributed by atoms with E-state index in [1.165, 1.54) is 11.5 Å². The van der Waals surface area contributed by atoms with Crippen LogP contribution in [0.3, 0.4) is 0 Å². The van der Waals surface area contributed by atoms with Crippen molar-refractivity contribution in [1.29, 1.82) is 0 Å². The highest BCUT2D eigenvalue weighted by Gasteiger charge is 2.21. The summed E-state index contributed by atoms with van der Waals surface area (Å²) in [4.78, 5) is 0.844. The Bertz CT molecular complexity index is 731. The van der Waals surface area contributed by atoms with Gasteiger partial charge in [-0.25, -0.2) is 0 Å². The Balaban J connectivity index is 2.13. The molecular weight excluding hydrogens is 268 g/mol. The van der Waals surface area contributed by atoms with Gasteiger partial charge in [-0.15, -0.1) is 5.10 Å². The Kier molecular flexibility index (Phi) is 3.51. The lowest BCUT2D eigenvalue weighted by molar-refractivity contribution is 0.224. The fourth-order valence-electron chi connectivity index (χ4n) is 2.42. The van der Waals surface area contributed by atoms with Crippen molar-refractivity contribution in [3.05, 3.63) is 58.6 Å². The van der Waals surface area contributed by atoms with Crippen LogP contribution in [0.15, 0.2) is 42.5 Å². The van der Waals surface area contributed by atoms with Crippen LogP contribution in [0.1, 0.15) is 42.0 Å². The predicted molar refractivity (Wildman–Crippen MR) is 82.0 cm³/mol. The molecular formula is C16H16N2OS. The lowest BCUT2D eigenvalue weighted by Gasteiger charge is -2.14. The number of aliphatic hydroxyl groups is 1. The highest BCUT2D eigenvalue weighted by Crippen LogP contribution is 2.34. The molecule has 3 rings (SSSR count). The first-order chi connectivity index (χ1) is 9.68. The third-order valence-corrected chi connectivity index (χ3v) is 4.25. The van der Waals surface area contributed by atoms with Gasteiger partial charge in [-0.2, -0.15) is 0 Å². The van der Waals surface area contributed by atoms with E-state index in [0.717, 1.165) is 26.9 Å². The largest absolute Gasteiger partial charge is 0.383 e. The highest BCUT2D eigenvalue weighted by atomic mass is 32.1. The fourth-order valence-corrected chi connectivity index (χ4v) is 3.24. The van der Waals surface area contributed by atoms with Crippen molar-refractivity contribution in [2.45, 2.75) is 25.9 Å². The molecule has 0 radical (unpaired) electrons. The van der Waals surface area contributed by atoms with Crippen LogP contribution < -0.4 is 0 Å². The number of aliphatic hydroxyl groups excluding tert-OH is 1. The van der Waals surface area contributed by atoms with E-state index in [-0.39, 0.29) is 5.92 Å². The summed E-state index contributed by atoms with van der Waals surface area (Å²) in [6, 6.07) is 14.1. The van der Waals surface area contributed by atoms with Crippen molar-refractivity contribution in [2.24, 2.45) is 0 Å². The molecule has 2 aromatic carbocycles. The molecule has 1 unspecified atom stereocenters. The zero-order valence-electron chi connectivity index (χ0n) is 11.4. The minimum Gasteiger partial charge on any atom is -0.383 e. The summed E-state index contributed by atoms with van der Waals surface area (Å²) in [5.74, 6) is 0.258. The molecule has 0 aliphatic carbocycles. The minimum absolute atomic E-state index is 0.258. The molecule has 102 valence electrons. The Morgan fingerprint density at radius 1 is 1.05 bits per heavy atom. The van der Waals surface area contributed by atoms with Gasteiger partial charge in [0.15, 0.2) is 0 Å². The maximum absolute atomic E-state index is 10.7. The van der Waals surface area contributed by atoms with Gasteiger partial charge in [0, 0.05) is 0 Å². The number of fused-ring (bicyclic) bond motifs is 1. The van der Waals surface area contributed by atoms with Crippen molar-refractivity contribution in [2.75, 3.05) is 0 Å². The standard InChI is InChI=1S/C16H16N2OS/c1-10(2)14-16(20-18-17-14)15(19)13-9-5-7-11-6-3-4-8-12(11)13/h3-10,15,19H,1-2H3. The smallest absolute Gasteiger partial charge is 0.117 e. The number of aromatic nitrogens is 2. The minimum atomic E-state index is -0.668. The van der Waals surface area contributed by atoms with Gasteiger partial charge >= 0.3 is 0 Å². The molecule has 20 heavy (non-hydrogen) atoms. The van der Waals surface area contributed by atoms with Gasteiger partial charge in [0.25, 0.3) is 0 Å². The Morgan fingerprint density at radius 2 is 1.80 bits per heavy atom. The van der Waals surface area contributed by atoms with Gasteiger partial charge in [-0.05, 0) is 33.8 Å². The molecule has 1 aromatic heterocycles. The van der Waals surface area contributed by atoms with Crippen molar-refractivity contribution in [3.8, 4) is 0 Å². The third-order valence-electron chi connectivity index (χ3n) is 3.45. The summed E-state index contributed by atoms with van der Waals surface area (Å²) in [6.45, 7) is 4.13. The lowest BCUT2D eigenvalue weighted by atomic mass is 9.97. The van der Waals surface area contributed by atoms with Crippen molar-refractivity contribution >= 4 is 22.3 Å². The molecule has 1 atom stereocenters. The Morgan fingerprint density at radius 3 is 2.60 bits per heavy atom. The van der Waals surface area contributed by atoms with Crippen LogP contribution in [-0.4, -0.2) is 14.7 Å². The summed E-state index contributed by atoms with van der Waals surface area (Å²) in [7, 11) is 0. The van der Waals surface area contributed by atoms with E-state index in [1.807, 2.05) is 30.3 Å². The average molecular weight is 284 g/mol. The average Bonchev–Trinajstić information content (AvgIpc) is 2.95. The third kappa shape index (κ3) is 2.21. The van der Waals surface area contributed by atoms with Crippen LogP contribution in [0.2, 0.25) is 0 Å². The Labute approximate surface area is 122 Å². The molecule has 3 aromatic rings. The summed E-state index contributed by atoms with van der Waals surface area (Å²) >= 11 is 1.28. The second-order valence-corrected chi connectivity index (χ2v) is 5.93. The van der Waals surface area contributed by atoms with Gasteiger partial charge in [0.2, 0.25) is 0 Å². The summed E-state index contributed by atoms with van der Waals surface area (Å²) in [5, 5.41) is 17.1. The monoisotopic (exact) mass is 284 g/mol. The molecule has 0 fully saturated rings. The second kappa shape index (κ2) is 5.31. The van der Waals surface area contributed by atoms with Gasteiger partial charge in [-0.1, -0.05) is 60.8 Å². The van der Waals surface area contributed by atoms with Crippen molar-refractivity contribution in [1.82, 2.24) is 9.59 Å². The number of hydrogen-bond acceptors (Lipinski definition) is 4. The zero-order valence-corrected chi connectivity index (χ0v) is 12.3. The molecule has 0 aliphatic rings. The molecule has 0 bridgehead atoms. The van der Waals surface area contributed by atoms with Crippen LogP contribution >= 0.6 is 11.5 Å². The normalized spacial score (nSPS) is 13.0. The van der Waals surface area contributed by atoms with E-state index in [9.17, 15) is 5.11 Å². The first kappa shape index (κ1) is 13.2. The topological polar surface area (TPSA) is 46.0 Å². The van der Waals surface area contributed by atoms with Gasteiger partial charge < -0.3 is 5.11 Å². The van der Waals surface area contributed by atoms with Crippen LogP contribution in [0.4, 0.5) is 0 Å². The van der Waals surface area contributed by atoms with E-state index in [1.54, 1.807) is 0 Å². The molecule has 0 saturated heterocycles. The summed E-state index contributed by atoms with van der Waals surface area (Å²) in [5.41, 5.74) is 1.80. The quantitative estimate of drug-likeness (QED) is 0.793. The summed E-state index contributed by atoms with van der Waals surface area (Å²) in [6.07, 6.45) is -0.668. The van der Waals surface area contributed by atoms with Crippen LogP contribution in [-0.2, 0) is 0 Å². The lowest BCUT2D eigenvalue weighted by Crippen LogP contribution is -2.03. The highest BCUT2D eigenvalue weighted by molar-refractivity contribution is 7.05. The zero-order chi connectivity index (χ0) is 14.1. The van der Waals surface area contributed by atoms with Crippen LogP contribution in [0.25, 0.3) is 10.8 Å². The SMILES string of the molecule is CC(C)c1nnsc1C(O)c1cccc2ccccc12. The number of nitrogens with zero attached hydrogens (tertiary/aromatic N) is 2. The maximum atomic E-state index is 10.7. The van der Waals surface area contributed by atoms with Gasteiger partial charge in [-0.3, -0.25) is 0 Å². The van der Waals surface area contributed by atoms with E-state index in [0.29, 0.717) is 0 Å². The molecule has 0 amide bonds. The Hall–Kier alpha value is -1.78. The maximum Gasteiger partial charge on any atom is 0.117 e. The van der Waals surface area contributed by atoms with Gasteiger partial charge in [0.1, 0.15) is 6.10 Å². The number of benzene rings is 2. The van der Waals surface area contributed by atoms with E-state index < -0.39 is 6.10 Å². The molecule has 0 spiro atoms. The van der Waals surface area contributed by atoms with Crippen LogP contribution in [0.5, 0.6) is 0 Å². The van der Waals surface area contributed by atoms with E-state index in [4.69, 9.17) is 0 Å². The molecule has 1 N–H and O–H groups in total. The molecule has 1 heterocycles. The first-order valence-electron chi connectivity index (χ1n) is 6.66. The molecule has 0 saturated carbocycles. The molecule has 0 aliphatic heterocycles. The second-order valence-electron chi connectivity index (χ2n) is 5.15. The van der Waals surface area contributed by atoms with Crippen LogP contribution in [0, 0.1) is 0 Å². The number of hydrogen-bond donors (Lipinski definition) is 1. The van der Waals surface area contributed by atoms with Crippen molar-refractivity contribution in [3.63, 3.8) is 0 Å². The van der Waals surface area contributed by atoms with Gasteiger partial charge in [0.05, 0.1) is 10.6 Å². The molecule has 4 heteroatoms. The molecule has 3 nitrogen and oxygen atoms in total. The predicted octanol–water partition coefficient (Wildman–Crippen LogP) is 3.90. The fraction of sp³-hybridized carbons (Fsp3) is 0.250. The number of rotatable bonds is 3. The first-order valence-corrected chi connectivity index (χ1v) is 7.43. The van der Waals surface area contributed by atoms with Crippen molar-refractivity contribution < 1.29 is 5.11 Å². The van der Waals surface area contributed by atoms with E-state index in [2.05, 4.69) is 35.6 Å². The van der Waals surface area contributed by atoms with E-state index >= 15 is 0 Å². The summed E-state index contributed by atoms with van der Waals surface area (Å²) < 4.78 is 4.00.